The van der Waals surface area contributed by atoms with Crippen molar-refractivity contribution in [2.24, 2.45) is 0 Å². The number of carbonyl (C=O) groups is 1. The number of fused-ring (bicyclic) bond motifs is 1. The van der Waals surface area contributed by atoms with Crippen LogP contribution in [-0.4, -0.2) is 16.9 Å². The Morgan fingerprint density at radius 1 is 1.47 bits per heavy atom. The minimum absolute atomic E-state index is 0.0974. The first-order valence-electron chi connectivity index (χ1n) is 6.27. The fraction of sp³-hybridized carbons (Fsp3) is 0.286. The van der Waals surface area contributed by atoms with E-state index in [9.17, 15) is 4.79 Å². The van der Waals surface area contributed by atoms with E-state index in [1.165, 1.54) is 0 Å². The summed E-state index contributed by atoms with van der Waals surface area (Å²) in [6, 6.07) is 7.86. The molecule has 1 aliphatic rings. The largest absolute Gasteiger partial charge is 0.304 e. The highest BCUT2D eigenvalue weighted by molar-refractivity contribution is 7.09. The van der Waals surface area contributed by atoms with Crippen molar-refractivity contribution in [2.75, 3.05) is 4.90 Å². The molecule has 2 heterocycles. The lowest BCUT2D eigenvalue weighted by Gasteiger charge is -2.23. The summed E-state index contributed by atoms with van der Waals surface area (Å²) in [5.41, 5.74) is 2.14. The number of rotatable bonds is 2. The molecule has 0 saturated heterocycles. The molecule has 0 aliphatic carbocycles. The molecule has 1 atom stereocenters. The van der Waals surface area contributed by atoms with Gasteiger partial charge in [0.05, 0.1) is 12.6 Å². The first-order valence-corrected chi connectivity index (χ1v) is 7.14. The minimum atomic E-state index is -0.174. The van der Waals surface area contributed by atoms with Crippen LogP contribution in [0.1, 0.15) is 17.5 Å². The Labute approximate surface area is 116 Å². The Kier molecular flexibility index (Phi) is 3.31. The van der Waals surface area contributed by atoms with E-state index in [0.29, 0.717) is 6.54 Å². The van der Waals surface area contributed by atoms with E-state index in [4.69, 9.17) is 0 Å². The van der Waals surface area contributed by atoms with Gasteiger partial charge in [-0.15, -0.1) is 11.3 Å². The molecule has 3 rings (SSSR count). The monoisotopic (exact) mass is 273 g/mol. The molecular weight excluding hydrogens is 258 g/mol. The first-order chi connectivity index (χ1) is 9.25. The molecule has 1 unspecified atom stereocenters. The van der Waals surface area contributed by atoms with Gasteiger partial charge in [-0.3, -0.25) is 4.79 Å². The first kappa shape index (κ1) is 12.3. The summed E-state index contributed by atoms with van der Waals surface area (Å²) in [4.78, 5) is 18.6. The summed E-state index contributed by atoms with van der Waals surface area (Å²) in [7, 11) is 0. The maximum absolute atomic E-state index is 12.5. The predicted octanol–water partition coefficient (Wildman–Crippen LogP) is 2.17. The molecule has 1 aromatic carbocycles. The number of hydrogen-bond acceptors (Lipinski definition) is 4. The van der Waals surface area contributed by atoms with Gasteiger partial charge >= 0.3 is 0 Å². The lowest BCUT2D eigenvalue weighted by Crippen LogP contribution is -2.42. The van der Waals surface area contributed by atoms with Crippen LogP contribution >= 0.6 is 11.3 Å². The van der Waals surface area contributed by atoms with Gasteiger partial charge in [-0.2, -0.15) is 0 Å². The molecule has 4 nitrogen and oxygen atoms in total. The number of hydrogen-bond donors (Lipinski definition) is 1. The summed E-state index contributed by atoms with van der Waals surface area (Å²) in [6.07, 6.45) is 1.77. The second kappa shape index (κ2) is 5.11. The van der Waals surface area contributed by atoms with Crippen molar-refractivity contribution in [2.45, 2.75) is 26.1 Å². The standard InChI is InChI=1S/C14H15N3OS/c1-10-14(18)17(9-13-15-6-7-19-13)12-5-3-2-4-11(12)8-16-10/h2-7,10,16H,8-9H2,1H3. The Morgan fingerprint density at radius 2 is 2.32 bits per heavy atom. The molecule has 2 aromatic rings. The Balaban J connectivity index is 2.00. The predicted molar refractivity (Wildman–Crippen MR) is 76.0 cm³/mol. The van der Waals surface area contributed by atoms with E-state index in [0.717, 1.165) is 22.8 Å². The second-order valence-corrected chi connectivity index (χ2v) is 5.56. The third-order valence-electron chi connectivity index (χ3n) is 3.29. The molecule has 0 saturated carbocycles. The van der Waals surface area contributed by atoms with Gasteiger partial charge in [-0.1, -0.05) is 18.2 Å². The van der Waals surface area contributed by atoms with Crippen molar-refractivity contribution in [3.63, 3.8) is 0 Å². The molecule has 5 heteroatoms. The van der Waals surface area contributed by atoms with Gasteiger partial charge in [0.2, 0.25) is 5.91 Å². The number of amides is 1. The molecule has 1 aliphatic heterocycles. The average Bonchev–Trinajstić information content (AvgIpc) is 2.91. The number of carbonyl (C=O) groups excluding carboxylic acids is 1. The highest BCUT2D eigenvalue weighted by atomic mass is 32.1. The molecule has 0 radical (unpaired) electrons. The van der Waals surface area contributed by atoms with Gasteiger partial charge in [0.1, 0.15) is 5.01 Å². The van der Waals surface area contributed by atoms with Crippen LogP contribution < -0.4 is 10.2 Å². The molecule has 98 valence electrons. The zero-order chi connectivity index (χ0) is 13.2. The van der Waals surface area contributed by atoms with Gasteiger partial charge in [0.15, 0.2) is 0 Å². The third kappa shape index (κ3) is 2.39. The fourth-order valence-corrected chi connectivity index (χ4v) is 2.86. The van der Waals surface area contributed by atoms with Crippen LogP contribution in [0.3, 0.4) is 0 Å². The van der Waals surface area contributed by atoms with Crippen molar-refractivity contribution in [1.82, 2.24) is 10.3 Å². The molecular formula is C14H15N3OS. The second-order valence-electron chi connectivity index (χ2n) is 4.58. The lowest BCUT2D eigenvalue weighted by molar-refractivity contribution is -0.120. The zero-order valence-electron chi connectivity index (χ0n) is 10.7. The number of aromatic nitrogens is 1. The van der Waals surface area contributed by atoms with Gasteiger partial charge in [-0.05, 0) is 18.6 Å². The van der Waals surface area contributed by atoms with E-state index < -0.39 is 0 Å². The average molecular weight is 273 g/mol. The highest BCUT2D eigenvalue weighted by Gasteiger charge is 2.27. The summed E-state index contributed by atoms with van der Waals surface area (Å²) >= 11 is 1.58. The SMILES string of the molecule is CC1NCc2ccccc2N(Cc2nccs2)C1=O. The van der Waals surface area contributed by atoms with E-state index in [-0.39, 0.29) is 11.9 Å². The molecule has 0 bridgehead atoms. The van der Waals surface area contributed by atoms with E-state index in [1.807, 2.05) is 35.4 Å². The quantitative estimate of drug-likeness (QED) is 0.912. The van der Waals surface area contributed by atoms with Crippen molar-refractivity contribution < 1.29 is 4.79 Å². The van der Waals surface area contributed by atoms with Gasteiger partial charge in [0, 0.05) is 23.8 Å². The normalized spacial score (nSPS) is 19.1. The van der Waals surface area contributed by atoms with Crippen LogP contribution in [0.15, 0.2) is 35.8 Å². The molecule has 19 heavy (non-hydrogen) atoms. The van der Waals surface area contributed by atoms with Crippen LogP contribution in [0.4, 0.5) is 5.69 Å². The van der Waals surface area contributed by atoms with Gasteiger partial charge in [0.25, 0.3) is 0 Å². The van der Waals surface area contributed by atoms with Crippen LogP contribution in [0.5, 0.6) is 0 Å². The maximum atomic E-state index is 12.5. The van der Waals surface area contributed by atoms with Crippen LogP contribution in [0, 0.1) is 0 Å². The van der Waals surface area contributed by atoms with Crippen molar-refractivity contribution >= 4 is 22.9 Å². The van der Waals surface area contributed by atoms with E-state index >= 15 is 0 Å². The number of anilines is 1. The summed E-state index contributed by atoms with van der Waals surface area (Å²) in [6.45, 7) is 3.17. The lowest BCUT2D eigenvalue weighted by atomic mass is 10.1. The van der Waals surface area contributed by atoms with Crippen LogP contribution in [0.25, 0.3) is 0 Å². The Morgan fingerprint density at radius 3 is 3.11 bits per heavy atom. The van der Waals surface area contributed by atoms with Crippen LogP contribution in [0.2, 0.25) is 0 Å². The summed E-state index contributed by atoms with van der Waals surface area (Å²) in [5, 5.41) is 6.14. The molecule has 1 amide bonds. The van der Waals surface area contributed by atoms with Gasteiger partial charge in [-0.25, -0.2) is 4.98 Å². The zero-order valence-corrected chi connectivity index (χ0v) is 11.5. The number of nitrogens with one attached hydrogen (secondary N) is 1. The smallest absolute Gasteiger partial charge is 0.244 e. The molecule has 0 fully saturated rings. The Bertz CT molecular complexity index is 582. The maximum Gasteiger partial charge on any atom is 0.244 e. The third-order valence-corrected chi connectivity index (χ3v) is 4.06. The molecule has 0 spiro atoms. The van der Waals surface area contributed by atoms with E-state index in [1.54, 1.807) is 17.5 Å². The Hall–Kier alpha value is -1.72. The topological polar surface area (TPSA) is 45.2 Å². The van der Waals surface area contributed by atoms with E-state index in [2.05, 4.69) is 16.4 Å². The number of benzene rings is 1. The highest BCUT2D eigenvalue weighted by Crippen LogP contribution is 2.26. The minimum Gasteiger partial charge on any atom is -0.304 e. The number of nitrogens with zero attached hydrogens (tertiary/aromatic N) is 2. The van der Waals surface area contributed by atoms with Crippen LogP contribution in [-0.2, 0) is 17.9 Å². The van der Waals surface area contributed by atoms with Gasteiger partial charge < -0.3 is 10.2 Å². The number of para-hydroxylation sites is 1. The summed E-state index contributed by atoms with van der Waals surface area (Å²) < 4.78 is 0. The molecule has 1 N–H and O–H groups in total. The summed E-state index contributed by atoms with van der Waals surface area (Å²) in [5.74, 6) is 0.0974. The number of thiazole rings is 1. The fourth-order valence-electron chi connectivity index (χ4n) is 2.26. The van der Waals surface area contributed by atoms with Crippen molar-refractivity contribution in [3.8, 4) is 0 Å². The van der Waals surface area contributed by atoms with Crippen molar-refractivity contribution in [3.05, 3.63) is 46.4 Å². The van der Waals surface area contributed by atoms with Crippen molar-refractivity contribution in [1.29, 1.82) is 0 Å². The molecule has 1 aromatic heterocycles.